The maximum atomic E-state index is 12.1. The van der Waals surface area contributed by atoms with E-state index in [1.54, 1.807) is 26.4 Å². The van der Waals surface area contributed by atoms with Gasteiger partial charge in [-0.25, -0.2) is 19.7 Å². The number of rotatable bonds is 10. The number of ether oxygens (including phenoxy) is 1. The first kappa shape index (κ1) is 28.2. The van der Waals surface area contributed by atoms with E-state index in [1.165, 1.54) is 11.3 Å². The van der Waals surface area contributed by atoms with Crippen molar-refractivity contribution < 1.29 is 24.3 Å². The van der Waals surface area contributed by atoms with Crippen LogP contribution < -0.4 is 15.5 Å². The van der Waals surface area contributed by atoms with Crippen LogP contribution in [-0.4, -0.2) is 77.7 Å². The van der Waals surface area contributed by atoms with Crippen molar-refractivity contribution in [3.8, 4) is 11.1 Å². The molecule has 0 unspecified atom stereocenters. The van der Waals surface area contributed by atoms with Gasteiger partial charge in [-0.15, -0.1) is 0 Å². The van der Waals surface area contributed by atoms with Crippen LogP contribution in [0.3, 0.4) is 0 Å². The number of urea groups is 1. The van der Waals surface area contributed by atoms with Gasteiger partial charge in [-0.2, -0.15) is 0 Å². The Labute approximate surface area is 230 Å². The predicted molar refractivity (Wildman–Crippen MR) is 151 cm³/mol. The lowest BCUT2D eigenvalue weighted by atomic mass is 9.80. The van der Waals surface area contributed by atoms with Crippen molar-refractivity contribution in [3.63, 3.8) is 0 Å². The minimum Gasteiger partial charge on any atom is -0.481 e. The molecule has 4 rings (SSSR count). The Kier molecular flexibility index (Phi) is 8.92. The molecule has 13 heteroatoms. The number of carboxylic acid groups (broad SMARTS) is 1. The highest BCUT2D eigenvalue weighted by Crippen LogP contribution is 2.35. The number of anilines is 2. The van der Waals surface area contributed by atoms with Crippen LogP contribution in [0.2, 0.25) is 0 Å². The third-order valence-corrected chi connectivity index (χ3v) is 7.68. The molecule has 3 N–H and O–H groups in total. The van der Waals surface area contributed by atoms with E-state index in [0.29, 0.717) is 68.0 Å². The first-order chi connectivity index (χ1) is 18.7. The van der Waals surface area contributed by atoms with Gasteiger partial charge in [-0.3, -0.25) is 10.1 Å². The van der Waals surface area contributed by atoms with E-state index in [2.05, 4.69) is 30.7 Å². The number of hydrogen-bond donors (Lipinski definition) is 3. The zero-order chi connectivity index (χ0) is 28.0. The lowest BCUT2D eigenvalue weighted by Crippen LogP contribution is -2.43. The molecule has 0 spiro atoms. The number of aromatic nitrogens is 3. The molecule has 0 atom stereocenters. The van der Waals surface area contributed by atoms with Gasteiger partial charge in [-0.1, -0.05) is 16.5 Å². The fraction of sp³-hybridized carbons (Fsp3) is 0.462. The summed E-state index contributed by atoms with van der Waals surface area (Å²) >= 11 is 1.35. The second-order valence-corrected chi connectivity index (χ2v) is 10.5. The second kappa shape index (κ2) is 12.3. The number of oxime groups is 1. The lowest BCUT2D eigenvalue weighted by Gasteiger charge is -2.36. The van der Waals surface area contributed by atoms with Crippen molar-refractivity contribution in [2.45, 2.75) is 33.6 Å². The van der Waals surface area contributed by atoms with E-state index >= 15 is 0 Å². The molecule has 1 saturated heterocycles. The number of amides is 2. The van der Waals surface area contributed by atoms with Crippen molar-refractivity contribution in [2.24, 2.45) is 10.6 Å². The number of hydrogen-bond acceptors (Lipinski definition) is 10. The van der Waals surface area contributed by atoms with E-state index in [-0.39, 0.29) is 6.03 Å². The maximum absolute atomic E-state index is 12.1. The Morgan fingerprint density at radius 2 is 1.90 bits per heavy atom. The quantitative estimate of drug-likeness (QED) is 0.192. The van der Waals surface area contributed by atoms with Crippen LogP contribution in [0.15, 0.2) is 29.7 Å². The Hall–Kier alpha value is -3.84. The van der Waals surface area contributed by atoms with Crippen LogP contribution in [0.5, 0.6) is 0 Å². The van der Waals surface area contributed by atoms with Crippen LogP contribution in [0.25, 0.3) is 21.3 Å². The summed E-state index contributed by atoms with van der Waals surface area (Å²) in [5.41, 5.74) is 3.07. The molecular weight excluding hydrogens is 522 g/mol. The number of aliphatic carboxylic acids is 1. The van der Waals surface area contributed by atoms with Gasteiger partial charge in [0.1, 0.15) is 6.61 Å². The Balaban J connectivity index is 1.62. The number of methoxy groups -OCH3 is 1. The molecule has 39 heavy (non-hydrogen) atoms. The van der Waals surface area contributed by atoms with E-state index in [1.807, 2.05) is 30.9 Å². The van der Waals surface area contributed by atoms with Crippen molar-refractivity contribution in [1.29, 1.82) is 0 Å². The number of fused-ring (bicyclic) bond motifs is 1. The standard InChI is InChI=1S/C26H33N7O5S/c1-5-27-24(36)31-25-30-20-13-17(12-19(21(20)39-25)16(2)32-38-11-10-37-4)18-14-28-23(29-15-18)33-8-6-26(3,7-9-33)22(34)35/h12-15H,5-11H2,1-4H3,(H,34,35)(H2,27,30,31,36)/b32-16+. The Bertz CT molecular complexity index is 1350. The third kappa shape index (κ3) is 6.60. The van der Waals surface area contributed by atoms with Gasteiger partial charge in [0.15, 0.2) is 5.13 Å². The Morgan fingerprint density at radius 3 is 2.54 bits per heavy atom. The number of piperidine rings is 1. The summed E-state index contributed by atoms with van der Waals surface area (Å²) in [5.74, 6) is -0.196. The van der Waals surface area contributed by atoms with Crippen molar-refractivity contribution in [2.75, 3.05) is 50.2 Å². The minimum atomic E-state index is -0.765. The van der Waals surface area contributed by atoms with E-state index in [9.17, 15) is 14.7 Å². The third-order valence-electron chi connectivity index (χ3n) is 6.66. The molecule has 12 nitrogen and oxygen atoms in total. The second-order valence-electron chi connectivity index (χ2n) is 9.50. The van der Waals surface area contributed by atoms with Crippen molar-refractivity contribution >= 4 is 50.3 Å². The number of carbonyl (C=O) groups is 2. The highest BCUT2D eigenvalue weighted by molar-refractivity contribution is 7.22. The zero-order valence-electron chi connectivity index (χ0n) is 22.5. The topological polar surface area (TPSA) is 151 Å². The fourth-order valence-electron chi connectivity index (χ4n) is 4.18. The van der Waals surface area contributed by atoms with Gasteiger partial charge < -0.3 is 24.9 Å². The molecule has 3 heterocycles. The van der Waals surface area contributed by atoms with Gasteiger partial charge in [0.2, 0.25) is 5.95 Å². The van der Waals surface area contributed by atoms with Crippen LogP contribution >= 0.6 is 11.3 Å². The molecule has 1 aromatic carbocycles. The molecule has 208 valence electrons. The largest absolute Gasteiger partial charge is 0.481 e. The SMILES string of the molecule is CCNC(=O)Nc1nc2cc(-c3cnc(N4CCC(C)(C(=O)O)CC4)nc3)cc(/C(C)=N/OCCOC)c2s1. The molecule has 0 aliphatic carbocycles. The summed E-state index contributed by atoms with van der Waals surface area (Å²) in [6.07, 6.45) is 4.57. The maximum Gasteiger partial charge on any atom is 0.321 e. The molecular formula is C26H33N7O5S. The van der Waals surface area contributed by atoms with Gasteiger partial charge in [0, 0.05) is 50.3 Å². The summed E-state index contributed by atoms with van der Waals surface area (Å²) in [7, 11) is 1.60. The summed E-state index contributed by atoms with van der Waals surface area (Å²) in [6, 6.07) is 3.58. The number of thiazole rings is 1. The molecule has 2 aromatic heterocycles. The van der Waals surface area contributed by atoms with E-state index < -0.39 is 11.4 Å². The minimum absolute atomic E-state index is 0.320. The monoisotopic (exact) mass is 555 g/mol. The molecule has 0 bridgehead atoms. The molecule has 3 aromatic rings. The summed E-state index contributed by atoms with van der Waals surface area (Å²) < 4.78 is 5.87. The molecule has 1 aliphatic rings. The normalized spacial score (nSPS) is 15.3. The Morgan fingerprint density at radius 1 is 1.18 bits per heavy atom. The average Bonchev–Trinajstić information content (AvgIpc) is 3.33. The molecule has 0 radical (unpaired) electrons. The van der Waals surface area contributed by atoms with Gasteiger partial charge in [-0.05, 0) is 51.3 Å². The average molecular weight is 556 g/mol. The predicted octanol–water partition coefficient (Wildman–Crippen LogP) is 3.97. The van der Waals surface area contributed by atoms with Crippen LogP contribution in [-0.2, 0) is 14.4 Å². The van der Waals surface area contributed by atoms with Crippen LogP contribution in [0.4, 0.5) is 15.9 Å². The number of carboxylic acids is 1. The van der Waals surface area contributed by atoms with Crippen LogP contribution in [0, 0.1) is 5.41 Å². The molecule has 1 aliphatic heterocycles. The summed E-state index contributed by atoms with van der Waals surface area (Å²) in [4.78, 5) is 44.8. The van der Waals surface area contributed by atoms with E-state index in [0.717, 1.165) is 21.4 Å². The number of benzene rings is 1. The molecule has 1 fully saturated rings. The smallest absolute Gasteiger partial charge is 0.321 e. The van der Waals surface area contributed by atoms with Crippen LogP contribution in [0.1, 0.15) is 39.2 Å². The highest BCUT2D eigenvalue weighted by Gasteiger charge is 2.37. The van der Waals surface area contributed by atoms with Gasteiger partial charge in [0.05, 0.1) is 28.0 Å². The van der Waals surface area contributed by atoms with Crippen molar-refractivity contribution in [3.05, 3.63) is 30.1 Å². The van der Waals surface area contributed by atoms with Gasteiger partial charge >= 0.3 is 12.0 Å². The number of nitrogens with zero attached hydrogens (tertiary/aromatic N) is 5. The summed E-state index contributed by atoms with van der Waals surface area (Å²) in [6.45, 7) is 7.88. The first-order valence-electron chi connectivity index (χ1n) is 12.7. The van der Waals surface area contributed by atoms with E-state index in [4.69, 9.17) is 9.57 Å². The highest BCUT2D eigenvalue weighted by atomic mass is 32.1. The van der Waals surface area contributed by atoms with Crippen molar-refractivity contribution in [1.82, 2.24) is 20.3 Å². The summed E-state index contributed by atoms with van der Waals surface area (Å²) in [5, 5.41) is 19.7. The lowest BCUT2D eigenvalue weighted by molar-refractivity contribution is -0.149. The zero-order valence-corrected chi connectivity index (χ0v) is 23.3. The fourth-order valence-corrected chi connectivity index (χ4v) is 5.19. The first-order valence-corrected chi connectivity index (χ1v) is 13.5. The number of nitrogens with one attached hydrogen (secondary N) is 2. The molecule has 2 amide bonds. The number of carbonyl (C=O) groups excluding carboxylic acids is 1. The molecule has 0 saturated carbocycles. The van der Waals surface area contributed by atoms with Gasteiger partial charge in [0.25, 0.3) is 0 Å².